The first-order valence-corrected chi connectivity index (χ1v) is 8.88. The van der Waals surface area contributed by atoms with Crippen LogP contribution in [0.2, 0.25) is 0 Å². The maximum absolute atomic E-state index is 12.5. The molecule has 0 aliphatic rings. The maximum Gasteiger partial charge on any atom is 0.225 e. The monoisotopic (exact) mass is 359 g/mol. The maximum atomic E-state index is 12.5. The Bertz CT molecular complexity index is 760. The fourth-order valence-electron chi connectivity index (χ4n) is 2.80. The molecular weight excluding hydrogens is 330 g/mol. The van der Waals surface area contributed by atoms with E-state index in [4.69, 9.17) is 9.47 Å². The number of nitrogens with one attached hydrogen (secondary N) is 2. The van der Waals surface area contributed by atoms with E-state index >= 15 is 0 Å². The van der Waals surface area contributed by atoms with E-state index in [-0.39, 0.29) is 11.3 Å². The first kappa shape index (κ1) is 19.8. The van der Waals surface area contributed by atoms with Crippen molar-refractivity contribution in [1.82, 2.24) is 10.2 Å². The third-order valence-electron chi connectivity index (χ3n) is 3.96. The van der Waals surface area contributed by atoms with Crippen molar-refractivity contribution in [3.8, 4) is 22.8 Å². The van der Waals surface area contributed by atoms with Gasteiger partial charge in [0.25, 0.3) is 0 Å². The predicted octanol–water partition coefficient (Wildman–Crippen LogP) is 4.42. The number of benzene rings is 1. The number of H-pyrrole nitrogens is 1. The zero-order chi connectivity index (χ0) is 19.3. The molecule has 0 aliphatic carbocycles. The lowest BCUT2D eigenvalue weighted by Gasteiger charge is -2.18. The van der Waals surface area contributed by atoms with Gasteiger partial charge in [-0.3, -0.25) is 9.89 Å². The molecule has 142 valence electrons. The van der Waals surface area contributed by atoms with Crippen molar-refractivity contribution in [3.05, 3.63) is 23.9 Å². The molecule has 1 aromatic carbocycles. The number of aryl methyl sites for hydroxylation is 1. The van der Waals surface area contributed by atoms with Gasteiger partial charge in [-0.15, -0.1) is 0 Å². The molecule has 2 rings (SSSR count). The molecule has 2 aromatic rings. The summed E-state index contributed by atoms with van der Waals surface area (Å²) in [6.45, 7) is 8.22. The number of aromatic nitrogens is 2. The van der Waals surface area contributed by atoms with Gasteiger partial charge in [0.15, 0.2) is 0 Å². The highest BCUT2D eigenvalue weighted by molar-refractivity contribution is 5.96. The topological polar surface area (TPSA) is 76.2 Å². The number of aromatic amines is 1. The number of ether oxygens (including phenoxy) is 2. The molecule has 0 unspecified atom stereocenters. The molecule has 6 heteroatoms. The zero-order valence-corrected chi connectivity index (χ0v) is 16.5. The second-order valence-corrected chi connectivity index (χ2v) is 7.53. The molecule has 2 N–H and O–H groups in total. The van der Waals surface area contributed by atoms with Crippen molar-refractivity contribution in [2.75, 3.05) is 19.5 Å². The van der Waals surface area contributed by atoms with Crippen LogP contribution in [-0.4, -0.2) is 30.3 Å². The van der Waals surface area contributed by atoms with Gasteiger partial charge in [0.05, 0.1) is 25.6 Å². The number of anilines is 1. The summed E-state index contributed by atoms with van der Waals surface area (Å²) < 4.78 is 10.8. The number of nitrogens with zero attached hydrogens (tertiary/aromatic N) is 1. The van der Waals surface area contributed by atoms with Crippen LogP contribution in [0.15, 0.2) is 18.2 Å². The second kappa shape index (κ2) is 8.25. The Morgan fingerprint density at radius 3 is 2.54 bits per heavy atom. The Kier molecular flexibility index (Phi) is 6.29. The standard InChI is InChI=1S/C20H29N3O3/c1-7-8-15-19(21-17(24)12-20(2,3)4)18(23-22-15)14-10-9-13(25-5)11-16(14)26-6/h9-11H,7-8,12H2,1-6H3,(H,21,24)(H,22,23). The van der Waals surface area contributed by atoms with Crippen molar-refractivity contribution in [3.63, 3.8) is 0 Å². The molecule has 0 bridgehead atoms. The number of rotatable bonds is 7. The van der Waals surface area contributed by atoms with Gasteiger partial charge in [-0.25, -0.2) is 0 Å². The smallest absolute Gasteiger partial charge is 0.225 e. The van der Waals surface area contributed by atoms with Crippen molar-refractivity contribution in [2.45, 2.75) is 47.0 Å². The summed E-state index contributed by atoms with van der Waals surface area (Å²) in [5.41, 5.74) is 3.04. The van der Waals surface area contributed by atoms with E-state index in [0.29, 0.717) is 23.6 Å². The van der Waals surface area contributed by atoms with Crippen LogP contribution < -0.4 is 14.8 Å². The Hall–Kier alpha value is -2.50. The van der Waals surface area contributed by atoms with E-state index in [0.717, 1.165) is 29.8 Å². The minimum absolute atomic E-state index is 0.0232. The first-order valence-electron chi connectivity index (χ1n) is 8.88. The van der Waals surface area contributed by atoms with Gasteiger partial charge in [-0.1, -0.05) is 34.1 Å². The summed E-state index contributed by atoms with van der Waals surface area (Å²) in [4.78, 5) is 12.5. The van der Waals surface area contributed by atoms with Crippen molar-refractivity contribution < 1.29 is 14.3 Å². The van der Waals surface area contributed by atoms with Crippen LogP contribution in [0.3, 0.4) is 0 Å². The number of hydrogen-bond acceptors (Lipinski definition) is 4. The average molecular weight is 359 g/mol. The van der Waals surface area contributed by atoms with Crippen molar-refractivity contribution in [1.29, 1.82) is 0 Å². The van der Waals surface area contributed by atoms with Gasteiger partial charge in [0.2, 0.25) is 5.91 Å². The van der Waals surface area contributed by atoms with Crippen LogP contribution in [0.1, 0.15) is 46.2 Å². The van der Waals surface area contributed by atoms with E-state index in [1.807, 2.05) is 39.0 Å². The number of hydrogen-bond donors (Lipinski definition) is 2. The molecule has 0 radical (unpaired) electrons. The third kappa shape index (κ3) is 4.77. The van der Waals surface area contributed by atoms with Crippen LogP contribution in [0.25, 0.3) is 11.3 Å². The molecule has 1 amide bonds. The van der Waals surface area contributed by atoms with Crippen molar-refractivity contribution in [2.24, 2.45) is 5.41 Å². The van der Waals surface area contributed by atoms with Gasteiger partial charge >= 0.3 is 0 Å². The lowest BCUT2D eigenvalue weighted by molar-refractivity contribution is -0.117. The molecule has 0 spiro atoms. The van der Waals surface area contributed by atoms with Gasteiger partial charge < -0.3 is 14.8 Å². The Balaban J connectivity index is 2.45. The second-order valence-electron chi connectivity index (χ2n) is 7.53. The largest absolute Gasteiger partial charge is 0.497 e. The highest BCUT2D eigenvalue weighted by Gasteiger charge is 2.22. The number of methoxy groups -OCH3 is 2. The van der Waals surface area contributed by atoms with Crippen LogP contribution in [0.4, 0.5) is 5.69 Å². The Morgan fingerprint density at radius 1 is 1.23 bits per heavy atom. The van der Waals surface area contributed by atoms with Crippen LogP contribution in [-0.2, 0) is 11.2 Å². The summed E-state index contributed by atoms with van der Waals surface area (Å²) in [5, 5.41) is 10.6. The number of carbonyl (C=O) groups excluding carboxylic acids is 1. The molecular formula is C20H29N3O3. The zero-order valence-electron chi connectivity index (χ0n) is 16.5. The number of amides is 1. The molecule has 26 heavy (non-hydrogen) atoms. The average Bonchev–Trinajstić information content (AvgIpc) is 2.95. The summed E-state index contributed by atoms with van der Waals surface area (Å²) in [6.07, 6.45) is 2.18. The van der Waals surface area contributed by atoms with Crippen LogP contribution in [0, 0.1) is 5.41 Å². The molecule has 0 aliphatic heterocycles. The van der Waals surface area contributed by atoms with Gasteiger partial charge in [-0.2, -0.15) is 5.10 Å². The summed E-state index contributed by atoms with van der Waals surface area (Å²) in [7, 11) is 3.22. The number of carbonyl (C=O) groups is 1. The third-order valence-corrected chi connectivity index (χ3v) is 3.96. The molecule has 0 saturated heterocycles. The molecule has 1 heterocycles. The van der Waals surface area contributed by atoms with Crippen molar-refractivity contribution >= 4 is 11.6 Å². The van der Waals surface area contributed by atoms with E-state index in [1.165, 1.54) is 0 Å². The summed E-state index contributed by atoms with van der Waals surface area (Å²) >= 11 is 0. The highest BCUT2D eigenvalue weighted by Crippen LogP contribution is 2.38. The minimum Gasteiger partial charge on any atom is -0.497 e. The lowest BCUT2D eigenvalue weighted by atomic mass is 9.92. The van der Waals surface area contributed by atoms with E-state index < -0.39 is 0 Å². The SMILES string of the molecule is CCCc1[nH]nc(-c2ccc(OC)cc2OC)c1NC(=O)CC(C)(C)C. The molecule has 0 fully saturated rings. The highest BCUT2D eigenvalue weighted by atomic mass is 16.5. The van der Waals surface area contributed by atoms with Gasteiger partial charge in [0.1, 0.15) is 17.2 Å². The minimum atomic E-state index is -0.0866. The van der Waals surface area contributed by atoms with Gasteiger partial charge in [0, 0.05) is 18.1 Å². The fraction of sp³-hybridized carbons (Fsp3) is 0.500. The Labute approximate surface area is 155 Å². The van der Waals surface area contributed by atoms with Crippen LogP contribution >= 0.6 is 0 Å². The summed E-state index contributed by atoms with van der Waals surface area (Å²) in [5.74, 6) is 1.32. The lowest BCUT2D eigenvalue weighted by Crippen LogP contribution is -2.20. The quantitative estimate of drug-likeness (QED) is 0.767. The molecule has 0 atom stereocenters. The molecule has 0 saturated carbocycles. The normalized spacial score (nSPS) is 11.3. The fourth-order valence-corrected chi connectivity index (χ4v) is 2.80. The summed E-state index contributed by atoms with van der Waals surface area (Å²) in [6, 6.07) is 5.56. The first-order chi connectivity index (χ1) is 12.3. The van der Waals surface area contributed by atoms with Crippen LogP contribution in [0.5, 0.6) is 11.5 Å². The van der Waals surface area contributed by atoms with E-state index in [1.54, 1.807) is 14.2 Å². The molecule has 1 aromatic heterocycles. The van der Waals surface area contributed by atoms with Gasteiger partial charge in [-0.05, 0) is 24.0 Å². The predicted molar refractivity (Wildman–Crippen MR) is 104 cm³/mol. The molecule has 6 nitrogen and oxygen atoms in total. The van der Waals surface area contributed by atoms with E-state index in [9.17, 15) is 4.79 Å². The Morgan fingerprint density at radius 2 is 1.96 bits per heavy atom. The van der Waals surface area contributed by atoms with E-state index in [2.05, 4.69) is 22.4 Å².